The highest BCUT2D eigenvalue weighted by molar-refractivity contribution is 5.93. The SMILES string of the molecule is CN(C)CC(=O)Nc1ccc2c(c1)CCN2C=O. The van der Waals surface area contributed by atoms with E-state index < -0.39 is 0 Å². The largest absolute Gasteiger partial charge is 0.325 e. The minimum Gasteiger partial charge on any atom is -0.325 e. The maximum absolute atomic E-state index is 11.6. The predicted molar refractivity (Wildman–Crippen MR) is 70.7 cm³/mol. The topological polar surface area (TPSA) is 52.7 Å². The number of carbonyl (C=O) groups excluding carboxylic acids is 2. The van der Waals surface area contributed by atoms with E-state index in [1.807, 2.05) is 37.2 Å². The molecule has 0 aliphatic carbocycles. The average molecular weight is 247 g/mol. The van der Waals surface area contributed by atoms with Crippen molar-refractivity contribution in [2.24, 2.45) is 0 Å². The van der Waals surface area contributed by atoms with Crippen LogP contribution in [0.3, 0.4) is 0 Å². The summed E-state index contributed by atoms with van der Waals surface area (Å²) in [5, 5.41) is 2.85. The van der Waals surface area contributed by atoms with E-state index in [9.17, 15) is 9.59 Å². The number of anilines is 2. The summed E-state index contributed by atoms with van der Waals surface area (Å²) in [6.07, 6.45) is 1.68. The van der Waals surface area contributed by atoms with Crippen molar-refractivity contribution < 1.29 is 9.59 Å². The zero-order valence-electron chi connectivity index (χ0n) is 10.6. The average Bonchev–Trinajstić information content (AvgIpc) is 2.69. The van der Waals surface area contributed by atoms with Crippen molar-refractivity contribution >= 4 is 23.7 Å². The smallest absolute Gasteiger partial charge is 0.238 e. The molecule has 5 heteroatoms. The molecule has 18 heavy (non-hydrogen) atoms. The van der Waals surface area contributed by atoms with Crippen LogP contribution < -0.4 is 10.2 Å². The van der Waals surface area contributed by atoms with Gasteiger partial charge in [0.15, 0.2) is 0 Å². The molecule has 0 unspecified atom stereocenters. The lowest BCUT2D eigenvalue weighted by molar-refractivity contribution is -0.116. The van der Waals surface area contributed by atoms with Gasteiger partial charge in [0, 0.05) is 17.9 Å². The second kappa shape index (κ2) is 5.18. The highest BCUT2D eigenvalue weighted by Crippen LogP contribution is 2.29. The van der Waals surface area contributed by atoms with E-state index in [-0.39, 0.29) is 5.91 Å². The fraction of sp³-hybridized carbons (Fsp3) is 0.385. The Morgan fingerprint density at radius 1 is 1.50 bits per heavy atom. The Hall–Kier alpha value is -1.88. The molecule has 0 bridgehead atoms. The molecule has 0 saturated heterocycles. The molecule has 1 aromatic rings. The van der Waals surface area contributed by atoms with Gasteiger partial charge in [-0.1, -0.05) is 0 Å². The van der Waals surface area contributed by atoms with Gasteiger partial charge in [-0.3, -0.25) is 9.59 Å². The summed E-state index contributed by atoms with van der Waals surface area (Å²) in [7, 11) is 3.70. The molecule has 0 spiro atoms. The van der Waals surface area contributed by atoms with Crippen molar-refractivity contribution in [2.45, 2.75) is 6.42 Å². The third-order valence-corrected chi connectivity index (χ3v) is 2.88. The normalized spacial score (nSPS) is 13.6. The fourth-order valence-electron chi connectivity index (χ4n) is 2.10. The molecule has 0 radical (unpaired) electrons. The van der Waals surface area contributed by atoms with E-state index in [0.717, 1.165) is 29.8 Å². The summed E-state index contributed by atoms with van der Waals surface area (Å²) in [6.45, 7) is 1.07. The number of hydrogen-bond donors (Lipinski definition) is 1. The number of likely N-dealkylation sites (N-methyl/N-ethyl adjacent to an activating group) is 1. The fourth-order valence-corrected chi connectivity index (χ4v) is 2.10. The van der Waals surface area contributed by atoms with Gasteiger partial charge in [0.05, 0.1) is 6.54 Å². The third-order valence-electron chi connectivity index (χ3n) is 2.88. The van der Waals surface area contributed by atoms with Crippen LogP contribution in [0, 0.1) is 0 Å². The van der Waals surface area contributed by atoms with Gasteiger partial charge in [0.25, 0.3) is 0 Å². The van der Waals surface area contributed by atoms with Crippen molar-refractivity contribution in [3.05, 3.63) is 23.8 Å². The molecule has 0 atom stereocenters. The van der Waals surface area contributed by atoms with Gasteiger partial charge < -0.3 is 15.1 Å². The van der Waals surface area contributed by atoms with Gasteiger partial charge in [0.1, 0.15) is 0 Å². The Morgan fingerprint density at radius 3 is 2.94 bits per heavy atom. The number of fused-ring (bicyclic) bond motifs is 1. The van der Waals surface area contributed by atoms with Crippen LogP contribution in [0.5, 0.6) is 0 Å². The number of nitrogens with zero attached hydrogens (tertiary/aromatic N) is 2. The first-order valence-electron chi connectivity index (χ1n) is 5.89. The molecule has 1 aliphatic rings. The quantitative estimate of drug-likeness (QED) is 0.797. The van der Waals surface area contributed by atoms with Crippen molar-refractivity contribution in [2.75, 3.05) is 37.4 Å². The number of nitrogens with one attached hydrogen (secondary N) is 1. The summed E-state index contributed by atoms with van der Waals surface area (Å²) < 4.78 is 0. The molecule has 0 fully saturated rings. The van der Waals surface area contributed by atoms with Crippen LogP contribution in [0.4, 0.5) is 11.4 Å². The molecule has 1 N–H and O–H groups in total. The molecule has 5 nitrogen and oxygen atoms in total. The van der Waals surface area contributed by atoms with E-state index in [2.05, 4.69) is 5.32 Å². The van der Waals surface area contributed by atoms with E-state index in [0.29, 0.717) is 13.1 Å². The predicted octanol–water partition coefficient (Wildman–Crippen LogP) is 0.706. The highest BCUT2D eigenvalue weighted by atomic mass is 16.2. The van der Waals surface area contributed by atoms with Gasteiger partial charge in [-0.15, -0.1) is 0 Å². The zero-order valence-corrected chi connectivity index (χ0v) is 10.6. The summed E-state index contributed by atoms with van der Waals surface area (Å²) in [6, 6.07) is 5.64. The maximum Gasteiger partial charge on any atom is 0.238 e. The standard InChI is InChI=1S/C13H17N3O2/c1-15(2)8-13(18)14-11-3-4-12-10(7-11)5-6-16(12)9-17/h3-4,7,9H,5-6,8H2,1-2H3,(H,14,18). The Bertz CT molecular complexity index is 471. The van der Waals surface area contributed by atoms with Crippen LogP contribution in [-0.4, -0.2) is 44.4 Å². The van der Waals surface area contributed by atoms with Crippen molar-refractivity contribution in [3.63, 3.8) is 0 Å². The van der Waals surface area contributed by atoms with E-state index in [1.165, 1.54) is 0 Å². The Morgan fingerprint density at radius 2 is 2.28 bits per heavy atom. The number of carbonyl (C=O) groups is 2. The number of rotatable bonds is 4. The Kier molecular flexibility index (Phi) is 3.62. The van der Waals surface area contributed by atoms with Crippen molar-refractivity contribution in [3.8, 4) is 0 Å². The van der Waals surface area contributed by atoms with Crippen LogP contribution >= 0.6 is 0 Å². The lowest BCUT2D eigenvalue weighted by Gasteiger charge is -2.12. The third kappa shape index (κ3) is 2.68. The molecular weight excluding hydrogens is 230 g/mol. The van der Waals surface area contributed by atoms with E-state index in [4.69, 9.17) is 0 Å². The summed E-state index contributed by atoms with van der Waals surface area (Å²) >= 11 is 0. The van der Waals surface area contributed by atoms with Gasteiger partial charge in [-0.2, -0.15) is 0 Å². The zero-order chi connectivity index (χ0) is 13.1. The monoisotopic (exact) mass is 247 g/mol. The molecular formula is C13H17N3O2. The number of amides is 2. The lowest BCUT2D eigenvalue weighted by atomic mass is 10.1. The molecule has 1 aliphatic heterocycles. The first-order chi connectivity index (χ1) is 8.60. The molecule has 1 heterocycles. The van der Waals surface area contributed by atoms with E-state index in [1.54, 1.807) is 4.90 Å². The highest BCUT2D eigenvalue weighted by Gasteiger charge is 2.18. The van der Waals surface area contributed by atoms with Crippen LogP contribution in [-0.2, 0) is 16.0 Å². The summed E-state index contributed by atoms with van der Waals surface area (Å²) in [5.74, 6) is -0.0369. The number of benzene rings is 1. The minimum absolute atomic E-state index is 0.0369. The van der Waals surface area contributed by atoms with E-state index >= 15 is 0 Å². The van der Waals surface area contributed by atoms with Gasteiger partial charge in [0.2, 0.25) is 12.3 Å². The van der Waals surface area contributed by atoms with Gasteiger partial charge in [-0.25, -0.2) is 0 Å². The van der Waals surface area contributed by atoms with Crippen LogP contribution in [0.1, 0.15) is 5.56 Å². The van der Waals surface area contributed by atoms with Crippen molar-refractivity contribution in [1.82, 2.24) is 4.90 Å². The van der Waals surface area contributed by atoms with Crippen LogP contribution in [0.25, 0.3) is 0 Å². The second-order valence-electron chi connectivity index (χ2n) is 4.68. The Labute approximate surface area is 106 Å². The summed E-state index contributed by atoms with van der Waals surface area (Å²) in [4.78, 5) is 25.9. The second-order valence-corrected chi connectivity index (χ2v) is 4.68. The molecule has 0 aromatic heterocycles. The van der Waals surface area contributed by atoms with Gasteiger partial charge in [-0.05, 0) is 44.3 Å². The molecule has 96 valence electrons. The maximum atomic E-state index is 11.6. The number of hydrogen-bond acceptors (Lipinski definition) is 3. The van der Waals surface area contributed by atoms with Crippen LogP contribution in [0.15, 0.2) is 18.2 Å². The Balaban J connectivity index is 2.08. The first-order valence-corrected chi connectivity index (χ1v) is 5.89. The molecule has 1 aromatic carbocycles. The first kappa shape index (κ1) is 12.6. The molecule has 0 saturated carbocycles. The lowest BCUT2D eigenvalue weighted by Crippen LogP contribution is -2.27. The molecule has 2 rings (SSSR count). The van der Waals surface area contributed by atoms with Crippen LogP contribution in [0.2, 0.25) is 0 Å². The van der Waals surface area contributed by atoms with Gasteiger partial charge >= 0.3 is 0 Å². The minimum atomic E-state index is -0.0369. The van der Waals surface area contributed by atoms with Crippen molar-refractivity contribution in [1.29, 1.82) is 0 Å². The molecule has 2 amide bonds. The summed E-state index contributed by atoms with van der Waals surface area (Å²) in [5.41, 5.74) is 2.83.